The van der Waals surface area contributed by atoms with E-state index in [1.807, 2.05) is 13.0 Å². The van der Waals surface area contributed by atoms with Crippen LogP contribution in [-0.2, 0) is 13.0 Å². The summed E-state index contributed by atoms with van der Waals surface area (Å²) in [5.74, 6) is 1.37. The zero-order chi connectivity index (χ0) is 18.9. The van der Waals surface area contributed by atoms with Gasteiger partial charge in [-0.3, -0.25) is 0 Å². The van der Waals surface area contributed by atoms with E-state index in [2.05, 4.69) is 47.7 Å². The topological polar surface area (TPSA) is 65.9 Å². The van der Waals surface area contributed by atoms with Crippen molar-refractivity contribution in [3.8, 4) is 11.5 Å². The van der Waals surface area contributed by atoms with Gasteiger partial charge in [0.15, 0.2) is 17.5 Å². The molecule has 5 heteroatoms. The van der Waals surface area contributed by atoms with Crippen LogP contribution in [0.1, 0.15) is 29.2 Å². The van der Waals surface area contributed by atoms with Crippen LogP contribution in [0.4, 0.5) is 0 Å². The van der Waals surface area contributed by atoms with Crippen LogP contribution in [0, 0.1) is 13.8 Å². The molecule has 0 amide bonds. The third-order valence-corrected chi connectivity index (χ3v) is 3.99. The van der Waals surface area contributed by atoms with Gasteiger partial charge in [0.25, 0.3) is 0 Å². The van der Waals surface area contributed by atoms with E-state index in [9.17, 15) is 5.11 Å². The van der Waals surface area contributed by atoms with Crippen molar-refractivity contribution in [3.05, 3.63) is 58.7 Å². The quantitative estimate of drug-likeness (QED) is 0.527. The predicted octanol–water partition coefficient (Wildman–Crippen LogP) is 3.32. The molecule has 0 unspecified atom stereocenters. The van der Waals surface area contributed by atoms with E-state index >= 15 is 0 Å². The van der Waals surface area contributed by atoms with Gasteiger partial charge in [-0.15, -0.1) is 0 Å². The molecule has 0 fully saturated rings. The highest BCUT2D eigenvalue weighted by atomic mass is 16.5. The standard InChI is InChI=1S/C21H29N3O2/c1-5-22-21(23-9-8-17-11-15(2)10-16(3)12-17)24-14-18-6-7-20(26-4)19(25)13-18/h6-7,10-13,25H,5,8-9,14H2,1-4H3,(H2,22,23,24). The molecular formula is C21H29N3O2. The van der Waals surface area contributed by atoms with Crippen LogP contribution in [0.2, 0.25) is 0 Å². The largest absolute Gasteiger partial charge is 0.504 e. The smallest absolute Gasteiger partial charge is 0.191 e. The number of phenols is 1. The van der Waals surface area contributed by atoms with Crippen molar-refractivity contribution in [3.63, 3.8) is 0 Å². The lowest BCUT2D eigenvalue weighted by Gasteiger charge is -2.12. The number of benzene rings is 2. The summed E-state index contributed by atoms with van der Waals surface area (Å²) in [6.07, 6.45) is 0.941. The Hall–Kier alpha value is -2.69. The fourth-order valence-electron chi connectivity index (χ4n) is 2.88. The molecule has 3 N–H and O–H groups in total. The van der Waals surface area contributed by atoms with Crippen molar-refractivity contribution in [2.75, 3.05) is 20.2 Å². The van der Waals surface area contributed by atoms with Gasteiger partial charge in [0, 0.05) is 13.1 Å². The van der Waals surface area contributed by atoms with E-state index < -0.39 is 0 Å². The Balaban J connectivity index is 1.94. The number of methoxy groups -OCH3 is 1. The highest BCUT2D eigenvalue weighted by molar-refractivity contribution is 5.79. The minimum absolute atomic E-state index is 0.132. The molecular weight excluding hydrogens is 326 g/mol. The third-order valence-electron chi connectivity index (χ3n) is 3.99. The lowest BCUT2D eigenvalue weighted by atomic mass is 10.1. The maximum atomic E-state index is 9.87. The maximum Gasteiger partial charge on any atom is 0.191 e. The first-order chi connectivity index (χ1) is 12.5. The zero-order valence-corrected chi connectivity index (χ0v) is 16.1. The number of aryl methyl sites for hydroxylation is 2. The molecule has 2 aromatic carbocycles. The van der Waals surface area contributed by atoms with Crippen LogP contribution in [-0.4, -0.2) is 31.3 Å². The van der Waals surface area contributed by atoms with Gasteiger partial charge in [-0.25, -0.2) is 4.99 Å². The normalized spacial score (nSPS) is 11.3. The van der Waals surface area contributed by atoms with Gasteiger partial charge in [-0.1, -0.05) is 35.4 Å². The molecule has 2 aromatic rings. The summed E-state index contributed by atoms with van der Waals surface area (Å²) in [5, 5.41) is 16.5. The van der Waals surface area contributed by atoms with Crippen molar-refractivity contribution in [2.24, 2.45) is 4.99 Å². The van der Waals surface area contributed by atoms with Gasteiger partial charge in [0.05, 0.1) is 13.7 Å². The van der Waals surface area contributed by atoms with Gasteiger partial charge in [-0.05, 0) is 50.5 Å². The van der Waals surface area contributed by atoms with Crippen LogP contribution in [0.15, 0.2) is 41.4 Å². The van der Waals surface area contributed by atoms with E-state index in [1.165, 1.54) is 23.8 Å². The Kier molecular flexibility index (Phi) is 7.33. The van der Waals surface area contributed by atoms with Crippen molar-refractivity contribution >= 4 is 5.96 Å². The summed E-state index contributed by atoms with van der Waals surface area (Å²) in [6.45, 7) is 8.38. The number of phenolic OH excluding ortho intramolecular Hbond substituents is 1. The summed E-state index contributed by atoms with van der Waals surface area (Å²) >= 11 is 0. The van der Waals surface area contributed by atoms with Gasteiger partial charge in [0.1, 0.15) is 0 Å². The molecule has 5 nitrogen and oxygen atoms in total. The summed E-state index contributed by atoms with van der Waals surface area (Å²) in [5.41, 5.74) is 4.83. The van der Waals surface area contributed by atoms with E-state index in [0.717, 1.165) is 31.0 Å². The number of guanidine groups is 1. The molecule has 0 aliphatic rings. The highest BCUT2D eigenvalue weighted by Gasteiger charge is 2.03. The lowest BCUT2D eigenvalue weighted by Crippen LogP contribution is -2.38. The third kappa shape index (κ3) is 5.99. The summed E-state index contributed by atoms with van der Waals surface area (Å²) in [4.78, 5) is 4.59. The monoisotopic (exact) mass is 355 g/mol. The second kappa shape index (κ2) is 9.70. The van der Waals surface area contributed by atoms with Crippen molar-refractivity contribution in [2.45, 2.75) is 33.7 Å². The van der Waals surface area contributed by atoms with Crippen LogP contribution < -0.4 is 15.4 Å². The van der Waals surface area contributed by atoms with Crippen molar-refractivity contribution in [1.82, 2.24) is 10.6 Å². The number of hydrogen-bond acceptors (Lipinski definition) is 3. The second-order valence-corrected chi connectivity index (χ2v) is 6.37. The van der Waals surface area contributed by atoms with Crippen LogP contribution in [0.3, 0.4) is 0 Å². The molecule has 0 aliphatic heterocycles. The first-order valence-electron chi connectivity index (χ1n) is 8.97. The zero-order valence-electron chi connectivity index (χ0n) is 16.1. The minimum Gasteiger partial charge on any atom is -0.504 e. The Labute approximate surface area is 156 Å². The average molecular weight is 355 g/mol. The first kappa shape index (κ1) is 19.6. The van der Waals surface area contributed by atoms with Gasteiger partial charge >= 0.3 is 0 Å². The van der Waals surface area contributed by atoms with E-state index in [-0.39, 0.29) is 5.75 Å². The first-order valence-corrected chi connectivity index (χ1v) is 8.97. The molecule has 140 valence electrons. The number of hydrogen-bond donors (Lipinski definition) is 3. The lowest BCUT2D eigenvalue weighted by molar-refractivity contribution is 0.373. The highest BCUT2D eigenvalue weighted by Crippen LogP contribution is 2.26. The number of ether oxygens (including phenoxy) is 1. The van der Waals surface area contributed by atoms with Crippen LogP contribution >= 0.6 is 0 Å². The fourth-order valence-corrected chi connectivity index (χ4v) is 2.88. The number of nitrogens with one attached hydrogen (secondary N) is 2. The summed E-state index contributed by atoms with van der Waals surface area (Å²) < 4.78 is 5.07. The maximum absolute atomic E-state index is 9.87. The van der Waals surface area contributed by atoms with Crippen molar-refractivity contribution in [1.29, 1.82) is 0 Å². The van der Waals surface area contributed by atoms with Gasteiger partial charge in [0.2, 0.25) is 0 Å². The van der Waals surface area contributed by atoms with Gasteiger partial charge in [-0.2, -0.15) is 0 Å². The molecule has 26 heavy (non-hydrogen) atoms. The number of aliphatic imine (C=N–C) groups is 1. The molecule has 0 bridgehead atoms. The van der Waals surface area contributed by atoms with E-state index in [1.54, 1.807) is 12.1 Å². The van der Waals surface area contributed by atoms with E-state index in [0.29, 0.717) is 12.3 Å². The predicted molar refractivity (Wildman–Crippen MR) is 107 cm³/mol. The molecule has 0 aliphatic carbocycles. The summed E-state index contributed by atoms with van der Waals surface area (Å²) in [6, 6.07) is 12.0. The Morgan fingerprint density at radius 3 is 2.38 bits per heavy atom. The SMILES string of the molecule is CCNC(=NCc1ccc(OC)c(O)c1)NCCc1cc(C)cc(C)c1. The number of nitrogens with zero attached hydrogens (tertiary/aromatic N) is 1. The second-order valence-electron chi connectivity index (χ2n) is 6.37. The minimum atomic E-state index is 0.132. The van der Waals surface area contributed by atoms with Crippen LogP contribution in [0.25, 0.3) is 0 Å². The number of aromatic hydroxyl groups is 1. The molecule has 0 radical (unpaired) electrons. The molecule has 0 atom stereocenters. The Morgan fingerprint density at radius 2 is 1.77 bits per heavy atom. The Bertz CT molecular complexity index is 737. The molecule has 0 aromatic heterocycles. The average Bonchev–Trinajstić information content (AvgIpc) is 2.59. The molecule has 0 saturated heterocycles. The number of rotatable bonds is 7. The molecule has 0 heterocycles. The molecule has 0 saturated carbocycles. The Morgan fingerprint density at radius 1 is 1.04 bits per heavy atom. The molecule has 0 spiro atoms. The summed E-state index contributed by atoms with van der Waals surface area (Å²) in [7, 11) is 1.54. The van der Waals surface area contributed by atoms with E-state index in [4.69, 9.17) is 4.74 Å². The van der Waals surface area contributed by atoms with Gasteiger partial charge < -0.3 is 20.5 Å². The fraction of sp³-hybridized carbons (Fsp3) is 0.381. The van der Waals surface area contributed by atoms with Crippen molar-refractivity contribution < 1.29 is 9.84 Å². The molecule has 2 rings (SSSR count). The van der Waals surface area contributed by atoms with Crippen LogP contribution in [0.5, 0.6) is 11.5 Å².